The van der Waals surface area contributed by atoms with Gasteiger partial charge >= 0.3 is 0 Å². The molecule has 7 heteroatoms. The zero-order valence-electron chi connectivity index (χ0n) is 12.2. The van der Waals surface area contributed by atoms with Gasteiger partial charge in [0.2, 0.25) is 5.91 Å². The molecule has 3 aromatic rings. The number of nitrogens with zero attached hydrogens (tertiary/aromatic N) is 2. The lowest BCUT2D eigenvalue weighted by atomic mass is 10.2. The standard InChI is InChI=1S/C16H14BrN3O3/c17-11-3-4-14-13(8-11)16(22)20(10-19-14)6-5-15(21)18-9-12-2-1-7-23-12/h1-4,7-8,10H,5-6,9H2,(H,18,21). The van der Waals surface area contributed by atoms with Crippen LogP contribution in [0.15, 0.2) is 56.6 Å². The molecule has 1 aromatic carbocycles. The number of hydrogen-bond acceptors (Lipinski definition) is 4. The van der Waals surface area contributed by atoms with Gasteiger partial charge < -0.3 is 9.73 Å². The topological polar surface area (TPSA) is 77.1 Å². The Morgan fingerprint density at radius 2 is 2.22 bits per heavy atom. The Hall–Kier alpha value is -2.41. The fraction of sp³-hybridized carbons (Fsp3) is 0.188. The average Bonchev–Trinajstić information content (AvgIpc) is 3.06. The van der Waals surface area contributed by atoms with E-state index >= 15 is 0 Å². The van der Waals surface area contributed by atoms with E-state index < -0.39 is 0 Å². The molecule has 2 heterocycles. The van der Waals surface area contributed by atoms with E-state index in [0.29, 0.717) is 23.2 Å². The second kappa shape index (κ2) is 6.78. The molecule has 1 amide bonds. The molecule has 3 rings (SSSR count). The van der Waals surface area contributed by atoms with E-state index in [2.05, 4.69) is 26.2 Å². The number of hydrogen-bond donors (Lipinski definition) is 1. The molecule has 2 aromatic heterocycles. The van der Waals surface area contributed by atoms with E-state index in [-0.39, 0.29) is 24.4 Å². The minimum Gasteiger partial charge on any atom is -0.467 e. The molecule has 0 radical (unpaired) electrons. The van der Waals surface area contributed by atoms with Crippen LogP contribution >= 0.6 is 15.9 Å². The second-order valence-corrected chi connectivity index (χ2v) is 5.93. The van der Waals surface area contributed by atoms with Gasteiger partial charge in [-0.25, -0.2) is 4.98 Å². The fourth-order valence-corrected chi connectivity index (χ4v) is 2.56. The summed E-state index contributed by atoms with van der Waals surface area (Å²) in [4.78, 5) is 28.5. The van der Waals surface area contributed by atoms with Gasteiger partial charge in [-0.15, -0.1) is 0 Å². The summed E-state index contributed by atoms with van der Waals surface area (Å²) in [6.45, 7) is 0.613. The Bertz CT molecular complexity index is 887. The normalized spacial score (nSPS) is 10.8. The number of halogens is 1. The van der Waals surface area contributed by atoms with Crippen LogP contribution in [0.2, 0.25) is 0 Å². The summed E-state index contributed by atoms with van der Waals surface area (Å²) in [6.07, 6.45) is 3.22. The molecule has 0 bridgehead atoms. The molecule has 118 valence electrons. The van der Waals surface area contributed by atoms with Crippen molar-refractivity contribution in [3.63, 3.8) is 0 Å². The van der Waals surface area contributed by atoms with Crippen molar-refractivity contribution in [2.75, 3.05) is 0 Å². The van der Waals surface area contributed by atoms with E-state index in [1.54, 1.807) is 30.5 Å². The lowest BCUT2D eigenvalue weighted by Crippen LogP contribution is -2.27. The van der Waals surface area contributed by atoms with Crippen molar-refractivity contribution in [3.05, 3.63) is 63.5 Å². The van der Waals surface area contributed by atoms with E-state index in [4.69, 9.17) is 4.42 Å². The Morgan fingerprint density at radius 1 is 1.35 bits per heavy atom. The van der Waals surface area contributed by atoms with Crippen LogP contribution in [0.4, 0.5) is 0 Å². The third-order valence-corrected chi connectivity index (χ3v) is 3.90. The van der Waals surface area contributed by atoms with Gasteiger partial charge in [0, 0.05) is 17.4 Å². The zero-order valence-corrected chi connectivity index (χ0v) is 13.7. The highest BCUT2D eigenvalue weighted by atomic mass is 79.9. The molecule has 0 saturated carbocycles. The number of fused-ring (bicyclic) bond motifs is 1. The second-order valence-electron chi connectivity index (χ2n) is 5.01. The lowest BCUT2D eigenvalue weighted by molar-refractivity contribution is -0.121. The van der Waals surface area contributed by atoms with Gasteiger partial charge in [-0.1, -0.05) is 15.9 Å². The molecular weight excluding hydrogens is 362 g/mol. The van der Waals surface area contributed by atoms with E-state index in [1.807, 2.05) is 6.07 Å². The maximum atomic E-state index is 12.4. The van der Waals surface area contributed by atoms with Crippen LogP contribution in [0.5, 0.6) is 0 Å². The number of nitrogens with one attached hydrogen (secondary N) is 1. The van der Waals surface area contributed by atoms with Crippen molar-refractivity contribution in [2.45, 2.75) is 19.5 Å². The molecular formula is C16H14BrN3O3. The SMILES string of the molecule is O=C(CCn1cnc2ccc(Br)cc2c1=O)NCc1ccco1. The van der Waals surface area contributed by atoms with Crippen LogP contribution in [0.25, 0.3) is 10.9 Å². The molecule has 1 N–H and O–H groups in total. The first-order valence-electron chi connectivity index (χ1n) is 7.07. The lowest BCUT2D eigenvalue weighted by Gasteiger charge is -2.07. The monoisotopic (exact) mass is 375 g/mol. The summed E-state index contributed by atoms with van der Waals surface area (Å²) < 4.78 is 7.40. The number of furan rings is 1. The first-order chi connectivity index (χ1) is 11.1. The van der Waals surface area contributed by atoms with Crippen LogP contribution in [-0.4, -0.2) is 15.5 Å². The summed E-state index contributed by atoms with van der Waals surface area (Å²) in [6, 6.07) is 8.90. The van der Waals surface area contributed by atoms with E-state index in [0.717, 1.165) is 4.47 Å². The van der Waals surface area contributed by atoms with Crippen LogP contribution in [0.1, 0.15) is 12.2 Å². The van der Waals surface area contributed by atoms with Gasteiger partial charge in [-0.3, -0.25) is 14.2 Å². The molecule has 0 saturated heterocycles. The Labute approximate surface area is 140 Å². The Balaban J connectivity index is 1.66. The third-order valence-electron chi connectivity index (χ3n) is 3.41. The minimum absolute atomic E-state index is 0.150. The van der Waals surface area contributed by atoms with Crippen molar-refractivity contribution in [1.82, 2.24) is 14.9 Å². The van der Waals surface area contributed by atoms with Gasteiger partial charge in [0.15, 0.2) is 0 Å². The molecule has 6 nitrogen and oxygen atoms in total. The van der Waals surface area contributed by atoms with Crippen molar-refractivity contribution < 1.29 is 9.21 Å². The van der Waals surface area contributed by atoms with Crippen LogP contribution < -0.4 is 10.9 Å². The third kappa shape index (κ3) is 3.68. The van der Waals surface area contributed by atoms with E-state index in [1.165, 1.54) is 10.9 Å². The number of aromatic nitrogens is 2. The minimum atomic E-state index is -0.157. The van der Waals surface area contributed by atoms with E-state index in [9.17, 15) is 9.59 Å². The summed E-state index contributed by atoms with van der Waals surface area (Å²) in [5.41, 5.74) is 0.479. The Kier molecular flexibility index (Phi) is 4.57. The van der Waals surface area contributed by atoms with Crippen LogP contribution in [0.3, 0.4) is 0 Å². The van der Waals surface area contributed by atoms with Crippen molar-refractivity contribution in [1.29, 1.82) is 0 Å². The quantitative estimate of drug-likeness (QED) is 0.742. The van der Waals surface area contributed by atoms with Crippen LogP contribution in [0, 0.1) is 0 Å². The molecule has 0 aliphatic carbocycles. The number of amides is 1. The maximum Gasteiger partial charge on any atom is 0.261 e. The largest absolute Gasteiger partial charge is 0.467 e. The molecule has 23 heavy (non-hydrogen) atoms. The highest BCUT2D eigenvalue weighted by molar-refractivity contribution is 9.10. The molecule has 0 unspecified atom stereocenters. The predicted molar refractivity (Wildman–Crippen MR) is 88.9 cm³/mol. The first-order valence-corrected chi connectivity index (χ1v) is 7.86. The highest BCUT2D eigenvalue weighted by Gasteiger charge is 2.07. The van der Waals surface area contributed by atoms with Crippen molar-refractivity contribution >= 4 is 32.7 Å². The molecule has 0 fully saturated rings. The molecule has 0 aliphatic rings. The maximum absolute atomic E-state index is 12.4. The van der Waals surface area contributed by atoms with Gasteiger partial charge in [0.25, 0.3) is 5.56 Å². The number of benzene rings is 1. The number of rotatable bonds is 5. The summed E-state index contributed by atoms with van der Waals surface area (Å²) in [5.74, 6) is 0.537. The number of carbonyl (C=O) groups excluding carboxylic acids is 1. The highest BCUT2D eigenvalue weighted by Crippen LogP contribution is 2.14. The zero-order chi connectivity index (χ0) is 16.2. The van der Waals surface area contributed by atoms with Gasteiger partial charge in [-0.05, 0) is 30.3 Å². The summed E-state index contributed by atoms with van der Waals surface area (Å²) in [5, 5.41) is 3.27. The molecule has 0 aliphatic heterocycles. The van der Waals surface area contributed by atoms with Crippen molar-refractivity contribution in [3.8, 4) is 0 Å². The van der Waals surface area contributed by atoms with Gasteiger partial charge in [0.1, 0.15) is 5.76 Å². The number of aryl methyl sites for hydroxylation is 1. The predicted octanol–water partition coefficient (Wildman–Crippen LogP) is 2.46. The molecule has 0 atom stereocenters. The molecule has 0 spiro atoms. The fourth-order valence-electron chi connectivity index (χ4n) is 2.20. The average molecular weight is 376 g/mol. The Morgan fingerprint density at radius 3 is 3.00 bits per heavy atom. The first kappa shape index (κ1) is 15.5. The van der Waals surface area contributed by atoms with Gasteiger partial charge in [0.05, 0.1) is 30.0 Å². The van der Waals surface area contributed by atoms with Crippen LogP contribution in [-0.2, 0) is 17.9 Å². The number of carbonyl (C=O) groups is 1. The smallest absolute Gasteiger partial charge is 0.261 e. The summed E-state index contributed by atoms with van der Waals surface area (Å²) in [7, 11) is 0. The summed E-state index contributed by atoms with van der Waals surface area (Å²) >= 11 is 3.34. The van der Waals surface area contributed by atoms with Crippen molar-refractivity contribution in [2.24, 2.45) is 0 Å². The van der Waals surface area contributed by atoms with Gasteiger partial charge in [-0.2, -0.15) is 0 Å².